The lowest BCUT2D eigenvalue weighted by Gasteiger charge is -2.34. The number of nitrogens with zero attached hydrogens (tertiary/aromatic N) is 3. The van der Waals surface area contributed by atoms with Gasteiger partial charge in [-0.2, -0.15) is 0 Å². The van der Waals surface area contributed by atoms with Crippen molar-refractivity contribution in [3.63, 3.8) is 0 Å². The highest BCUT2D eigenvalue weighted by molar-refractivity contribution is 5.80. The van der Waals surface area contributed by atoms with Crippen LogP contribution >= 0.6 is 0 Å². The minimum Gasteiger partial charge on any atom is -0.462 e. The zero-order valence-electron chi connectivity index (χ0n) is 18.5. The van der Waals surface area contributed by atoms with Crippen LogP contribution in [0.3, 0.4) is 0 Å². The predicted molar refractivity (Wildman–Crippen MR) is 121 cm³/mol. The molecule has 0 radical (unpaired) electrons. The maximum absolute atomic E-state index is 11.9. The van der Waals surface area contributed by atoms with Gasteiger partial charge in [-0.3, -0.25) is 9.79 Å². The molecule has 7 heteroatoms. The summed E-state index contributed by atoms with van der Waals surface area (Å²) in [4.78, 5) is 23.6. The molecule has 30 heavy (non-hydrogen) atoms. The summed E-state index contributed by atoms with van der Waals surface area (Å²) >= 11 is 0. The lowest BCUT2D eigenvalue weighted by atomic mass is 10.1. The molecular weight excluding hydrogens is 378 g/mol. The van der Waals surface area contributed by atoms with Crippen LogP contribution in [0.5, 0.6) is 0 Å². The molecular formula is C23H37N5O2. The van der Waals surface area contributed by atoms with Gasteiger partial charge in [-0.05, 0) is 70.9 Å². The first kappa shape index (κ1) is 22.4. The molecule has 166 valence electrons. The monoisotopic (exact) mass is 415 g/mol. The number of aromatic nitrogens is 1. The molecule has 2 aliphatic rings. The topological polar surface area (TPSA) is 78.8 Å². The highest BCUT2D eigenvalue weighted by atomic mass is 16.5. The standard InChI is InChI=1S/C23H37N5O2/c1-3-24-23(25-15-7-12-22(29)30-20-9-4-5-10-20)27-19-13-16-28(17-14-19)21-11-6-8-18(2)26-21/h6,8,11,19-20H,3-5,7,9-10,12-17H2,1-2H3,(H2,24,25,27). The molecule has 2 fully saturated rings. The van der Waals surface area contributed by atoms with Gasteiger partial charge in [0.1, 0.15) is 11.9 Å². The molecule has 0 aromatic carbocycles. The molecule has 7 nitrogen and oxygen atoms in total. The van der Waals surface area contributed by atoms with Gasteiger partial charge in [0, 0.05) is 44.3 Å². The third-order valence-electron chi connectivity index (χ3n) is 5.79. The van der Waals surface area contributed by atoms with Gasteiger partial charge in [0.2, 0.25) is 0 Å². The minimum absolute atomic E-state index is 0.0767. The maximum Gasteiger partial charge on any atom is 0.306 e. The molecule has 1 saturated heterocycles. The lowest BCUT2D eigenvalue weighted by Crippen LogP contribution is -2.49. The van der Waals surface area contributed by atoms with Gasteiger partial charge in [0.05, 0.1) is 0 Å². The van der Waals surface area contributed by atoms with Gasteiger partial charge >= 0.3 is 5.97 Å². The summed E-state index contributed by atoms with van der Waals surface area (Å²) in [6, 6.07) is 6.59. The van der Waals surface area contributed by atoms with Crippen LogP contribution < -0.4 is 15.5 Å². The second-order valence-corrected chi connectivity index (χ2v) is 8.30. The van der Waals surface area contributed by atoms with Crippen LogP contribution in [0, 0.1) is 6.92 Å². The molecule has 3 rings (SSSR count). The molecule has 1 aliphatic carbocycles. The molecule has 0 spiro atoms. The molecule has 1 aliphatic heterocycles. The summed E-state index contributed by atoms with van der Waals surface area (Å²) in [5.41, 5.74) is 1.06. The highest BCUT2D eigenvalue weighted by Gasteiger charge is 2.21. The van der Waals surface area contributed by atoms with E-state index in [-0.39, 0.29) is 12.1 Å². The molecule has 0 amide bonds. The first-order chi connectivity index (χ1) is 14.6. The van der Waals surface area contributed by atoms with Crippen molar-refractivity contribution in [2.45, 2.75) is 77.4 Å². The zero-order chi connectivity index (χ0) is 21.2. The number of hydrogen-bond acceptors (Lipinski definition) is 5. The number of pyridine rings is 1. The fourth-order valence-corrected chi connectivity index (χ4v) is 4.14. The average Bonchev–Trinajstić information content (AvgIpc) is 3.25. The summed E-state index contributed by atoms with van der Waals surface area (Å²) in [6.07, 6.45) is 7.83. The Kier molecular flexibility index (Phi) is 8.78. The molecule has 1 saturated carbocycles. The second kappa shape index (κ2) is 11.8. The number of carbonyl (C=O) groups is 1. The van der Waals surface area contributed by atoms with Gasteiger partial charge in [-0.25, -0.2) is 4.98 Å². The van der Waals surface area contributed by atoms with Crippen LogP contribution in [0.4, 0.5) is 5.82 Å². The highest BCUT2D eigenvalue weighted by Crippen LogP contribution is 2.21. The quantitative estimate of drug-likeness (QED) is 0.294. The van der Waals surface area contributed by atoms with E-state index in [4.69, 9.17) is 4.74 Å². The van der Waals surface area contributed by atoms with E-state index in [0.717, 1.165) is 69.2 Å². The molecule has 0 atom stereocenters. The third-order valence-corrected chi connectivity index (χ3v) is 5.79. The van der Waals surface area contributed by atoms with Crippen LogP contribution in [0.1, 0.15) is 64.0 Å². The molecule has 0 unspecified atom stereocenters. The molecule has 0 bridgehead atoms. The molecule has 2 heterocycles. The fraction of sp³-hybridized carbons (Fsp3) is 0.696. The number of anilines is 1. The third kappa shape index (κ3) is 7.18. The lowest BCUT2D eigenvalue weighted by molar-refractivity contribution is -0.148. The van der Waals surface area contributed by atoms with E-state index in [1.165, 1.54) is 12.8 Å². The number of aryl methyl sites for hydroxylation is 1. The Labute approximate surface area is 180 Å². The number of hydrogen-bond donors (Lipinski definition) is 2. The van der Waals surface area contributed by atoms with Crippen LogP contribution in [0.25, 0.3) is 0 Å². The van der Waals surface area contributed by atoms with Crippen LogP contribution in [-0.2, 0) is 9.53 Å². The van der Waals surface area contributed by atoms with E-state index in [1.807, 2.05) is 13.0 Å². The van der Waals surface area contributed by atoms with Gasteiger partial charge in [0.25, 0.3) is 0 Å². The van der Waals surface area contributed by atoms with Crippen LogP contribution in [-0.4, -0.2) is 55.2 Å². The van der Waals surface area contributed by atoms with Crippen molar-refractivity contribution in [2.24, 2.45) is 4.99 Å². The SMILES string of the molecule is CCNC(=NCCCC(=O)OC1CCCC1)NC1CCN(c2cccc(C)n2)CC1. The van der Waals surface area contributed by atoms with Crippen molar-refractivity contribution in [1.29, 1.82) is 0 Å². The first-order valence-electron chi connectivity index (χ1n) is 11.6. The van der Waals surface area contributed by atoms with Crippen molar-refractivity contribution in [3.05, 3.63) is 23.9 Å². The Hall–Kier alpha value is -2.31. The normalized spacial score (nSPS) is 18.5. The van der Waals surface area contributed by atoms with Crippen molar-refractivity contribution in [3.8, 4) is 0 Å². The second-order valence-electron chi connectivity index (χ2n) is 8.30. The van der Waals surface area contributed by atoms with E-state index < -0.39 is 0 Å². The number of piperidine rings is 1. The maximum atomic E-state index is 11.9. The largest absolute Gasteiger partial charge is 0.462 e. The number of rotatable bonds is 8. The van der Waals surface area contributed by atoms with Gasteiger partial charge in [-0.15, -0.1) is 0 Å². The number of esters is 1. The van der Waals surface area contributed by atoms with E-state index in [0.29, 0.717) is 19.0 Å². The predicted octanol–water partition coefficient (Wildman–Crippen LogP) is 3.18. The Morgan fingerprint density at radius 1 is 1.23 bits per heavy atom. The fourth-order valence-electron chi connectivity index (χ4n) is 4.14. The van der Waals surface area contributed by atoms with Crippen molar-refractivity contribution in [2.75, 3.05) is 31.1 Å². The summed E-state index contributed by atoms with van der Waals surface area (Å²) in [6.45, 7) is 7.53. The Morgan fingerprint density at radius 3 is 2.70 bits per heavy atom. The number of nitrogens with one attached hydrogen (secondary N) is 2. The summed E-state index contributed by atoms with van der Waals surface area (Å²) in [5.74, 6) is 1.83. The van der Waals surface area contributed by atoms with Gasteiger partial charge in [0.15, 0.2) is 5.96 Å². The summed E-state index contributed by atoms with van der Waals surface area (Å²) in [7, 11) is 0. The molecule has 1 aromatic heterocycles. The number of aliphatic imine (C=N–C) groups is 1. The number of ether oxygens (including phenoxy) is 1. The van der Waals surface area contributed by atoms with E-state index in [1.54, 1.807) is 0 Å². The number of guanidine groups is 1. The average molecular weight is 416 g/mol. The van der Waals surface area contributed by atoms with E-state index >= 15 is 0 Å². The molecule has 2 N–H and O–H groups in total. The Morgan fingerprint density at radius 2 is 2.00 bits per heavy atom. The number of carbonyl (C=O) groups excluding carboxylic acids is 1. The van der Waals surface area contributed by atoms with E-state index in [9.17, 15) is 4.79 Å². The smallest absolute Gasteiger partial charge is 0.306 e. The van der Waals surface area contributed by atoms with Gasteiger partial charge in [-0.1, -0.05) is 6.07 Å². The van der Waals surface area contributed by atoms with E-state index in [2.05, 4.69) is 44.6 Å². The first-order valence-corrected chi connectivity index (χ1v) is 11.6. The minimum atomic E-state index is -0.0767. The van der Waals surface area contributed by atoms with Crippen molar-refractivity contribution in [1.82, 2.24) is 15.6 Å². The summed E-state index contributed by atoms with van der Waals surface area (Å²) in [5, 5.41) is 6.89. The van der Waals surface area contributed by atoms with Gasteiger partial charge < -0.3 is 20.3 Å². The zero-order valence-corrected chi connectivity index (χ0v) is 18.5. The summed E-state index contributed by atoms with van der Waals surface area (Å²) < 4.78 is 5.51. The van der Waals surface area contributed by atoms with Crippen molar-refractivity contribution < 1.29 is 9.53 Å². The Bertz CT molecular complexity index is 695. The van der Waals surface area contributed by atoms with Crippen LogP contribution in [0.15, 0.2) is 23.2 Å². The van der Waals surface area contributed by atoms with Crippen molar-refractivity contribution >= 4 is 17.7 Å². The Balaban J connectivity index is 1.38. The van der Waals surface area contributed by atoms with Crippen LogP contribution in [0.2, 0.25) is 0 Å². The molecule has 1 aromatic rings.